The number of pyridine rings is 1. The molecule has 14 heteroatoms. The van der Waals surface area contributed by atoms with Gasteiger partial charge in [0.15, 0.2) is 9.84 Å². The van der Waals surface area contributed by atoms with E-state index in [1.54, 1.807) is 5.43 Å². The van der Waals surface area contributed by atoms with Crippen molar-refractivity contribution in [3.8, 4) is 0 Å². The third-order valence-electron chi connectivity index (χ3n) is 4.89. The quantitative estimate of drug-likeness (QED) is 0.593. The van der Waals surface area contributed by atoms with Gasteiger partial charge in [-0.05, 0) is 36.4 Å². The first-order chi connectivity index (χ1) is 16.1. The van der Waals surface area contributed by atoms with Crippen molar-refractivity contribution >= 4 is 33.4 Å². The molecule has 0 spiro atoms. The Bertz CT molecular complexity index is 1150. The van der Waals surface area contributed by atoms with Crippen molar-refractivity contribution in [2.24, 2.45) is 0 Å². The third kappa shape index (κ3) is 6.43. The third-order valence-corrected chi connectivity index (χ3v) is 6.50. The molecule has 1 aromatic carbocycles. The van der Waals surface area contributed by atoms with Crippen molar-refractivity contribution in [2.75, 3.05) is 29.5 Å². The van der Waals surface area contributed by atoms with E-state index in [0.717, 1.165) is 6.20 Å². The summed E-state index contributed by atoms with van der Waals surface area (Å²) in [7, 11) is -3.21. The van der Waals surface area contributed by atoms with E-state index in [0.29, 0.717) is 11.4 Å². The van der Waals surface area contributed by atoms with E-state index in [-0.39, 0.29) is 36.7 Å². The highest BCUT2D eigenvalue weighted by molar-refractivity contribution is 7.91. The van der Waals surface area contributed by atoms with E-state index in [2.05, 4.69) is 4.98 Å². The van der Waals surface area contributed by atoms with Gasteiger partial charge in [0, 0.05) is 25.0 Å². The summed E-state index contributed by atoms with van der Waals surface area (Å²) in [6.07, 6.45) is -2.17. The molecule has 34 heavy (non-hydrogen) atoms. The Balaban J connectivity index is 1.74. The van der Waals surface area contributed by atoms with Crippen molar-refractivity contribution in [2.45, 2.75) is 13.0 Å². The van der Waals surface area contributed by atoms with Crippen LogP contribution in [-0.2, 0) is 21.2 Å². The van der Waals surface area contributed by atoms with Crippen LogP contribution in [0.15, 0.2) is 42.6 Å². The predicted molar refractivity (Wildman–Crippen MR) is 114 cm³/mol. The highest BCUT2D eigenvalue weighted by Crippen LogP contribution is 2.20. The zero-order chi connectivity index (χ0) is 24.9. The van der Waals surface area contributed by atoms with Crippen LogP contribution in [0.25, 0.3) is 0 Å². The second kappa shape index (κ2) is 10.5. The normalized spacial score (nSPS) is 15.0. The van der Waals surface area contributed by atoms with Crippen LogP contribution in [0.1, 0.15) is 16.1 Å². The summed E-state index contributed by atoms with van der Waals surface area (Å²) in [6.45, 7) is -0.0663. The highest BCUT2D eigenvalue weighted by Gasteiger charge is 2.29. The Morgan fingerprint density at radius 1 is 1.03 bits per heavy atom. The van der Waals surface area contributed by atoms with E-state index in [9.17, 15) is 36.0 Å². The van der Waals surface area contributed by atoms with Gasteiger partial charge in [0.05, 0.1) is 29.3 Å². The molecule has 10 nitrogen and oxygen atoms in total. The second-order valence-corrected chi connectivity index (χ2v) is 9.57. The molecule has 1 aliphatic heterocycles. The Morgan fingerprint density at radius 3 is 2.24 bits per heavy atom. The van der Waals surface area contributed by atoms with Gasteiger partial charge < -0.3 is 4.90 Å². The molecule has 0 bridgehead atoms. The zero-order valence-corrected chi connectivity index (χ0v) is 18.4. The number of sulfone groups is 1. The van der Waals surface area contributed by atoms with Gasteiger partial charge in [-0.1, -0.05) is 0 Å². The van der Waals surface area contributed by atoms with Crippen LogP contribution in [0.3, 0.4) is 0 Å². The van der Waals surface area contributed by atoms with E-state index >= 15 is 0 Å². The molecule has 4 amide bonds. The fraction of sp³-hybridized carbons (Fsp3) is 0.300. The lowest BCUT2D eigenvalue weighted by Crippen LogP contribution is -2.49. The maximum absolute atomic E-state index is 13.4. The van der Waals surface area contributed by atoms with E-state index in [4.69, 9.17) is 0 Å². The standard InChI is InChI=1S/C20H20F3N5O5S/c21-14-2-5-16(6-3-14)28(20(31)27-7-9-34(32,33)10-8-27)12-15-4-1-13(11-24-15)18(29)25-26-19(30)17(22)23/h1-6,11,17H,7-10,12H2,(H,25,29)(H,26,30). The fourth-order valence-corrected chi connectivity index (χ4v) is 4.23. The number of benzene rings is 1. The number of halogens is 3. The number of aromatic nitrogens is 1. The molecule has 2 heterocycles. The van der Waals surface area contributed by atoms with E-state index < -0.39 is 39.9 Å². The number of rotatable bonds is 5. The van der Waals surface area contributed by atoms with Gasteiger partial charge in [-0.2, -0.15) is 8.78 Å². The molecule has 1 aromatic heterocycles. The van der Waals surface area contributed by atoms with Gasteiger partial charge in [0.1, 0.15) is 5.82 Å². The van der Waals surface area contributed by atoms with Gasteiger partial charge in [0.2, 0.25) is 0 Å². The summed E-state index contributed by atoms with van der Waals surface area (Å²) in [5.74, 6) is -3.39. The van der Waals surface area contributed by atoms with E-state index in [1.807, 2.05) is 5.43 Å². The van der Waals surface area contributed by atoms with Crippen molar-refractivity contribution in [1.29, 1.82) is 0 Å². The van der Waals surface area contributed by atoms with Crippen molar-refractivity contribution in [3.63, 3.8) is 0 Å². The maximum atomic E-state index is 13.4. The van der Waals surface area contributed by atoms with Crippen LogP contribution in [0.2, 0.25) is 0 Å². The molecule has 1 aliphatic rings. The number of nitrogens with zero attached hydrogens (tertiary/aromatic N) is 3. The summed E-state index contributed by atoms with van der Waals surface area (Å²) in [6, 6.07) is 7.35. The number of hydrazine groups is 1. The molecular formula is C20H20F3N5O5S. The first-order valence-electron chi connectivity index (χ1n) is 9.91. The molecule has 0 unspecified atom stereocenters. The number of anilines is 1. The molecular weight excluding hydrogens is 479 g/mol. The van der Waals surface area contributed by atoms with Gasteiger partial charge in [-0.25, -0.2) is 17.6 Å². The van der Waals surface area contributed by atoms with Crippen molar-refractivity contribution in [1.82, 2.24) is 20.7 Å². The number of carbonyl (C=O) groups excluding carboxylic acids is 3. The van der Waals surface area contributed by atoms with Crippen LogP contribution in [0, 0.1) is 5.82 Å². The molecule has 2 N–H and O–H groups in total. The Labute approximate surface area is 192 Å². The number of hydrogen-bond donors (Lipinski definition) is 2. The monoisotopic (exact) mass is 499 g/mol. The summed E-state index contributed by atoms with van der Waals surface area (Å²) in [5, 5.41) is 0. The van der Waals surface area contributed by atoms with Crippen LogP contribution in [0.4, 0.5) is 23.7 Å². The lowest BCUT2D eigenvalue weighted by atomic mass is 10.2. The average molecular weight is 499 g/mol. The smallest absolute Gasteiger partial charge is 0.322 e. The molecule has 0 radical (unpaired) electrons. The van der Waals surface area contributed by atoms with Gasteiger partial charge in [-0.15, -0.1) is 0 Å². The topological polar surface area (TPSA) is 129 Å². The molecule has 182 valence electrons. The molecule has 2 aromatic rings. The van der Waals surface area contributed by atoms with Crippen LogP contribution < -0.4 is 15.8 Å². The zero-order valence-electron chi connectivity index (χ0n) is 17.6. The number of hydrogen-bond acceptors (Lipinski definition) is 6. The summed E-state index contributed by atoms with van der Waals surface area (Å²) in [5.41, 5.74) is 4.02. The fourth-order valence-electron chi connectivity index (χ4n) is 3.02. The lowest BCUT2D eigenvalue weighted by molar-refractivity contribution is -0.132. The number of carbonyl (C=O) groups is 3. The summed E-state index contributed by atoms with van der Waals surface area (Å²) >= 11 is 0. The van der Waals surface area contributed by atoms with E-state index in [1.165, 1.54) is 46.2 Å². The Kier molecular flexibility index (Phi) is 7.71. The van der Waals surface area contributed by atoms with Crippen molar-refractivity contribution in [3.05, 3.63) is 59.7 Å². The highest BCUT2D eigenvalue weighted by atomic mass is 32.2. The van der Waals surface area contributed by atoms with Crippen LogP contribution in [0.5, 0.6) is 0 Å². The van der Waals surface area contributed by atoms with Crippen molar-refractivity contribution < 1.29 is 36.0 Å². The average Bonchev–Trinajstić information content (AvgIpc) is 2.81. The predicted octanol–water partition coefficient (Wildman–Crippen LogP) is 1.10. The Hall–Kier alpha value is -3.68. The minimum absolute atomic E-state index is 0.00966. The first-order valence-corrected chi connectivity index (χ1v) is 11.7. The van der Waals surface area contributed by atoms with Gasteiger partial charge in [0.25, 0.3) is 5.91 Å². The number of urea groups is 1. The minimum Gasteiger partial charge on any atom is -0.322 e. The molecule has 0 atom stereocenters. The summed E-state index contributed by atoms with van der Waals surface area (Å²) in [4.78, 5) is 42.7. The minimum atomic E-state index is -3.30. The van der Waals surface area contributed by atoms with Gasteiger partial charge in [-0.3, -0.25) is 30.3 Å². The number of amides is 4. The molecule has 1 fully saturated rings. The lowest BCUT2D eigenvalue weighted by Gasteiger charge is -2.32. The number of alkyl halides is 2. The molecule has 1 saturated heterocycles. The Morgan fingerprint density at radius 2 is 1.68 bits per heavy atom. The summed E-state index contributed by atoms with van der Waals surface area (Å²) < 4.78 is 61.2. The molecule has 0 saturated carbocycles. The van der Waals surface area contributed by atoms with Crippen LogP contribution >= 0.6 is 0 Å². The SMILES string of the molecule is O=C(NNC(=O)C(F)F)c1ccc(CN(C(=O)N2CCS(=O)(=O)CC2)c2ccc(F)cc2)nc1. The van der Waals surface area contributed by atoms with Gasteiger partial charge >= 0.3 is 18.4 Å². The largest absolute Gasteiger partial charge is 0.324 e. The number of nitrogens with one attached hydrogen (secondary N) is 2. The maximum Gasteiger partial charge on any atom is 0.324 e. The second-order valence-electron chi connectivity index (χ2n) is 7.27. The van der Waals surface area contributed by atoms with Crippen LogP contribution in [-0.4, -0.2) is 67.2 Å². The molecule has 3 rings (SSSR count). The first kappa shape index (κ1) is 25.0. The molecule has 0 aliphatic carbocycles.